The average molecular weight is 676 g/mol. The van der Waals surface area contributed by atoms with Gasteiger partial charge >= 0.3 is 0 Å². The van der Waals surface area contributed by atoms with E-state index in [2.05, 4.69) is 22.6 Å². The van der Waals surface area contributed by atoms with Gasteiger partial charge in [-0.15, -0.1) is 0 Å². The molecule has 3 amide bonds. The zero-order valence-corrected chi connectivity index (χ0v) is 29.6. The highest BCUT2D eigenvalue weighted by molar-refractivity contribution is 5.95. The maximum absolute atomic E-state index is 14.5. The van der Waals surface area contributed by atoms with E-state index in [1.54, 1.807) is 13.1 Å². The van der Waals surface area contributed by atoms with E-state index in [1.165, 1.54) is 29.0 Å². The van der Waals surface area contributed by atoms with Crippen molar-refractivity contribution in [2.24, 2.45) is 0 Å². The first-order valence-electron chi connectivity index (χ1n) is 17.1. The molecule has 1 heterocycles. The third-order valence-corrected chi connectivity index (χ3v) is 9.89. The van der Waals surface area contributed by atoms with Crippen molar-refractivity contribution in [2.45, 2.75) is 76.0 Å². The van der Waals surface area contributed by atoms with Gasteiger partial charge in [0.2, 0.25) is 17.7 Å². The molecule has 3 atom stereocenters. The Morgan fingerprint density at radius 3 is 2.29 bits per heavy atom. The predicted molar refractivity (Wildman–Crippen MR) is 191 cm³/mol. The fraction of sp³-hybridized carbons (Fsp3) is 0.462. The molecule has 0 bridgehead atoms. The lowest BCUT2D eigenvalue weighted by molar-refractivity contribution is -0.146. The van der Waals surface area contributed by atoms with Crippen molar-refractivity contribution in [3.63, 3.8) is 0 Å². The second-order valence-corrected chi connectivity index (χ2v) is 13.9. The zero-order chi connectivity index (χ0) is 35.7. The number of carbonyl (C=O) groups is 3. The van der Waals surface area contributed by atoms with Gasteiger partial charge in [0.25, 0.3) is 0 Å². The van der Waals surface area contributed by atoms with Crippen molar-refractivity contribution in [3.8, 4) is 0 Å². The first kappa shape index (κ1) is 37.7. The van der Waals surface area contributed by atoms with E-state index in [0.717, 1.165) is 54.3 Å². The maximum atomic E-state index is 14.5. The molecule has 1 unspecified atom stereocenters. The molecule has 264 valence electrons. The van der Waals surface area contributed by atoms with Crippen molar-refractivity contribution >= 4 is 28.5 Å². The minimum Gasteiger partial charge on any atom is -0.354 e. The highest BCUT2D eigenvalue weighted by Gasteiger charge is 2.35. The Morgan fingerprint density at radius 2 is 1.61 bits per heavy atom. The van der Waals surface area contributed by atoms with Crippen LogP contribution in [0.2, 0.25) is 0 Å². The minimum absolute atomic E-state index is 0.0338. The summed E-state index contributed by atoms with van der Waals surface area (Å²) in [6, 6.07) is 15.7. The monoisotopic (exact) mass is 675 g/mol. The van der Waals surface area contributed by atoms with Gasteiger partial charge in [-0.1, -0.05) is 54.6 Å². The Hall–Kier alpha value is -4.15. The van der Waals surface area contributed by atoms with Gasteiger partial charge in [-0.05, 0) is 100 Å². The summed E-state index contributed by atoms with van der Waals surface area (Å²) in [4.78, 5) is 46.9. The molecule has 3 aromatic rings. The summed E-state index contributed by atoms with van der Waals surface area (Å²) < 4.78 is 28.1. The van der Waals surface area contributed by atoms with Crippen LogP contribution >= 0.6 is 0 Å². The molecule has 0 saturated carbocycles. The number of hydrogen-bond donors (Lipinski definition) is 2. The van der Waals surface area contributed by atoms with E-state index in [-0.39, 0.29) is 24.3 Å². The molecule has 4 rings (SSSR count). The summed E-state index contributed by atoms with van der Waals surface area (Å²) in [5.74, 6) is -3.19. The van der Waals surface area contributed by atoms with Crippen molar-refractivity contribution in [3.05, 3.63) is 95.6 Å². The van der Waals surface area contributed by atoms with Crippen LogP contribution in [0.4, 0.5) is 8.78 Å². The Labute approximate surface area is 289 Å². The zero-order valence-electron chi connectivity index (χ0n) is 29.6. The summed E-state index contributed by atoms with van der Waals surface area (Å²) in [7, 11) is 7.06. The number of benzene rings is 3. The number of likely N-dealkylation sites (tertiary alicyclic amines) is 1. The van der Waals surface area contributed by atoms with E-state index in [9.17, 15) is 23.2 Å². The minimum atomic E-state index is -1.03. The molecule has 1 fully saturated rings. The fourth-order valence-electron chi connectivity index (χ4n) is 6.31. The van der Waals surface area contributed by atoms with Gasteiger partial charge in [-0.25, -0.2) is 8.78 Å². The molecule has 1 saturated heterocycles. The van der Waals surface area contributed by atoms with Crippen molar-refractivity contribution in [1.82, 2.24) is 25.3 Å². The van der Waals surface area contributed by atoms with Crippen molar-refractivity contribution in [1.29, 1.82) is 0 Å². The van der Waals surface area contributed by atoms with E-state index >= 15 is 0 Å². The smallest absolute Gasteiger partial charge is 0.246 e. The molecule has 0 aromatic heterocycles. The predicted octanol–water partition coefficient (Wildman–Crippen LogP) is 5.10. The van der Waals surface area contributed by atoms with Gasteiger partial charge in [0.15, 0.2) is 11.6 Å². The number of likely N-dealkylation sites (N-methyl/N-ethyl adjacent to an activating group) is 2. The van der Waals surface area contributed by atoms with Crippen molar-refractivity contribution < 1.29 is 23.2 Å². The molecule has 1 aliphatic rings. The third-order valence-electron chi connectivity index (χ3n) is 9.89. The Bertz CT molecular complexity index is 1640. The molecule has 0 radical (unpaired) electrons. The number of nitrogens with one attached hydrogen (secondary N) is 2. The van der Waals surface area contributed by atoms with Crippen LogP contribution in [0.25, 0.3) is 10.8 Å². The molecular formula is C39H51F2N5O3. The van der Waals surface area contributed by atoms with Crippen molar-refractivity contribution in [2.75, 3.05) is 41.3 Å². The Balaban J connectivity index is 1.62. The van der Waals surface area contributed by atoms with Crippen LogP contribution in [-0.4, -0.2) is 97.4 Å². The molecule has 10 heteroatoms. The summed E-state index contributed by atoms with van der Waals surface area (Å²) in [5, 5.41) is 8.26. The number of nitrogens with zero attached hydrogens (tertiary/aromatic N) is 3. The lowest BCUT2D eigenvalue weighted by Crippen LogP contribution is -2.56. The molecule has 8 nitrogen and oxygen atoms in total. The van der Waals surface area contributed by atoms with Crippen LogP contribution in [0.1, 0.15) is 50.7 Å². The first-order chi connectivity index (χ1) is 23.3. The topological polar surface area (TPSA) is 85.0 Å². The normalized spacial score (nSPS) is 16.5. The second kappa shape index (κ2) is 17.0. The first-order valence-corrected chi connectivity index (χ1v) is 17.1. The highest BCUT2D eigenvalue weighted by atomic mass is 19.2. The van der Waals surface area contributed by atoms with Crippen LogP contribution in [0, 0.1) is 11.6 Å². The lowest BCUT2D eigenvalue weighted by atomic mass is 9.98. The molecule has 1 aliphatic heterocycles. The lowest BCUT2D eigenvalue weighted by Gasteiger charge is -2.34. The fourth-order valence-corrected chi connectivity index (χ4v) is 6.31. The van der Waals surface area contributed by atoms with Gasteiger partial charge in [0, 0.05) is 45.1 Å². The maximum Gasteiger partial charge on any atom is 0.246 e. The number of hydrogen-bond acceptors (Lipinski definition) is 5. The molecule has 49 heavy (non-hydrogen) atoms. The van der Waals surface area contributed by atoms with E-state index in [4.69, 9.17) is 0 Å². The highest BCUT2D eigenvalue weighted by Crippen LogP contribution is 2.21. The molecule has 3 aromatic carbocycles. The Kier molecular flexibility index (Phi) is 13.1. The molecule has 0 aliphatic carbocycles. The number of amides is 3. The average Bonchev–Trinajstić information content (AvgIpc) is 3.50. The van der Waals surface area contributed by atoms with E-state index < -0.39 is 35.5 Å². The van der Waals surface area contributed by atoms with Gasteiger partial charge < -0.3 is 25.3 Å². The van der Waals surface area contributed by atoms with Gasteiger partial charge in [-0.3, -0.25) is 14.4 Å². The summed E-state index contributed by atoms with van der Waals surface area (Å²) >= 11 is 0. The van der Waals surface area contributed by atoms with Gasteiger partial charge in [0.05, 0.1) is 0 Å². The molecule has 0 spiro atoms. The number of halogens is 2. The largest absolute Gasteiger partial charge is 0.354 e. The van der Waals surface area contributed by atoms with E-state index in [0.29, 0.717) is 24.6 Å². The SMILES string of the molecule is CNC(C)(C)CC=CC(=O)N(C)[C@H](Cc1ccc2ccccc2c1)C(=O)N(C)[C@H](Cc1ccc(F)c(F)c1)C(=O)NCCC1CCCN1C. The summed E-state index contributed by atoms with van der Waals surface area (Å²) in [5.41, 5.74) is 1.01. The van der Waals surface area contributed by atoms with Crippen LogP contribution < -0.4 is 10.6 Å². The molecular weight excluding hydrogens is 624 g/mol. The quantitative estimate of drug-likeness (QED) is 0.219. The van der Waals surface area contributed by atoms with Gasteiger partial charge in [0.1, 0.15) is 12.1 Å². The van der Waals surface area contributed by atoms with Crippen LogP contribution in [0.5, 0.6) is 0 Å². The standard InChI is InChI=1S/C39H51F2N5O3/c1-39(2,42-3)20-9-14-36(47)45(5)35(26-27-15-17-29-11-7-8-12-30(29)23-27)38(49)46(6)34(25-28-16-18-32(40)33(41)24-28)37(48)43-21-19-31-13-10-22-44(31)4/h7-9,11-12,14-18,23-24,31,34-35,42H,10,13,19-22,25-26H2,1-6H3,(H,43,48)/t31?,34-,35-/m1/s1. The second-order valence-electron chi connectivity index (χ2n) is 13.9. The van der Waals surface area contributed by atoms with Gasteiger partial charge in [-0.2, -0.15) is 0 Å². The summed E-state index contributed by atoms with van der Waals surface area (Å²) in [6.45, 7) is 5.48. The summed E-state index contributed by atoms with van der Waals surface area (Å²) in [6.07, 6.45) is 6.96. The third kappa shape index (κ3) is 10.2. The number of rotatable bonds is 15. The molecule has 2 N–H and O–H groups in total. The Morgan fingerprint density at radius 1 is 0.939 bits per heavy atom. The van der Waals surface area contributed by atoms with Crippen LogP contribution in [0.3, 0.4) is 0 Å². The van der Waals surface area contributed by atoms with E-state index in [1.807, 2.05) is 63.4 Å². The number of carbonyl (C=O) groups excluding carboxylic acids is 3. The van der Waals surface area contributed by atoms with Crippen LogP contribution in [0.15, 0.2) is 72.8 Å². The number of fused-ring (bicyclic) bond motifs is 1. The van der Waals surface area contributed by atoms with Crippen LogP contribution in [-0.2, 0) is 27.2 Å².